The van der Waals surface area contributed by atoms with Crippen molar-refractivity contribution in [2.75, 3.05) is 36.0 Å². The van der Waals surface area contributed by atoms with E-state index in [2.05, 4.69) is 20.9 Å². The number of pyridine rings is 1. The molecule has 0 unspecified atom stereocenters. The Morgan fingerprint density at radius 3 is 2.39 bits per heavy atom. The van der Waals surface area contributed by atoms with Gasteiger partial charge in [0.2, 0.25) is 0 Å². The molecule has 0 aliphatic carbocycles. The van der Waals surface area contributed by atoms with Gasteiger partial charge in [-0.05, 0) is 18.2 Å². The van der Waals surface area contributed by atoms with Crippen LogP contribution in [0.1, 0.15) is 15.9 Å². The largest absolute Gasteiger partial charge is 0.367 e. The molecule has 1 aromatic carbocycles. The maximum absolute atomic E-state index is 11.5. The fourth-order valence-corrected chi connectivity index (χ4v) is 2.88. The van der Waals surface area contributed by atoms with Crippen LogP contribution in [0.15, 0.2) is 42.7 Å². The number of nitrogens with zero attached hydrogens (tertiary/aromatic N) is 4. The Morgan fingerprint density at radius 2 is 1.74 bits per heavy atom. The van der Waals surface area contributed by atoms with Gasteiger partial charge in [-0.25, -0.2) is 0 Å². The first-order valence-electron chi connectivity index (χ1n) is 7.43. The predicted molar refractivity (Wildman–Crippen MR) is 88.3 cm³/mol. The van der Waals surface area contributed by atoms with Crippen molar-refractivity contribution >= 4 is 17.3 Å². The van der Waals surface area contributed by atoms with Crippen LogP contribution in [0.2, 0.25) is 0 Å². The predicted octanol–water partition coefficient (Wildman–Crippen LogP) is 1.38. The van der Waals surface area contributed by atoms with Crippen LogP contribution in [0.3, 0.4) is 0 Å². The Hall–Kier alpha value is -3.07. The number of carbonyl (C=O) groups excluding carboxylic acids is 1. The van der Waals surface area contributed by atoms with Gasteiger partial charge in [-0.3, -0.25) is 9.78 Å². The molecule has 0 radical (unpaired) electrons. The summed E-state index contributed by atoms with van der Waals surface area (Å²) in [5.74, 6) is -0.467. The minimum atomic E-state index is -0.467. The van der Waals surface area contributed by atoms with Crippen molar-refractivity contribution in [2.45, 2.75) is 0 Å². The van der Waals surface area contributed by atoms with E-state index in [0.717, 1.165) is 37.6 Å². The zero-order valence-electron chi connectivity index (χ0n) is 12.6. The molecule has 1 aromatic heterocycles. The molecular formula is C17H17N5O. The summed E-state index contributed by atoms with van der Waals surface area (Å²) in [5.41, 5.74) is 8.33. The summed E-state index contributed by atoms with van der Waals surface area (Å²) >= 11 is 0. The second kappa shape index (κ2) is 6.36. The lowest BCUT2D eigenvalue weighted by Gasteiger charge is -2.38. The number of hydrogen-bond donors (Lipinski definition) is 1. The number of benzene rings is 1. The molecule has 1 fully saturated rings. The fourth-order valence-electron chi connectivity index (χ4n) is 2.88. The molecule has 0 saturated carbocycles. The van der Waals surface area contributed by atoms with Gasteiger partial charge < -0.3 is 15.5 Å². The molecule has 6 heteroatoms. The molecule has 23 heavy (non-hydrogen) atoms. The van der Waals surface area contributed by atoms with E-state index in [-0.39, 0.29) is 0 Å². The van der Waals surface area contributed by atoms with Crippen LogP contribution in [-0.4, -0.2) is 37.1 Å². The van der Waals surface area contributed by atoms with E-state index in [1.807, 2.05) is 30.3 Å². The maximum Gasteiger partial charge on any atom is 0.252 e. The first-order chi connectivity index (χ1) is 11.2. The molecule has 1 amide bonds. The molecule has 1 aliphatic heterocycles. The van der Waals surface area contributed by atoms with E-state index in [9.17, 15) is 10.1 Å². The van der Waals surface area contributed by atoms with E-state index in [1.54, 1.807) is 6.20 Å². The summed E-state index contributed by atoms with van der Waals surface area (Å²) < 4.78 is 0. The van der Waals surface area contributed by atoms with E-state index in [4.69, 9.17) is 5.73 Å². The number of hydrogen-bond acceptors (Lipinski definition) is 5. The normalized spacial score (nSPS) is 14.4. The average Bonchev–Trinajstić information content (AvgIpc) is 2.62. The van der Waals surface area contributed by atoms with Gasteiger partial charge in [0.15, 0.2) is 0 Å². The molecule has 0 bridgehead atoms. The van der Waals surface area contributed by atoms with Crippen LogP contribution in [-0.2, 0) is 0 Å². The highest BCUT2D eigenvalue weighted by Crippen LogP contribution is 2.24. The summed E-state index contributed by atoms with van der Waals surface area (Å²) in [5, 5.41) is 9.23. The standard InChI is InChI=1S/C17H17N5O/c18-11-13-3-1-2-4-15(13)21-7-9-22(10-8-21)16-5-6-20-12-14(16)17(19)23/h1-6,12H,7-10H2,(H2,19,23). The SMILES string of the molecule is N#Cc1ccccc1N1CCN(c2ccncc2C(N)=O)CC1. The Bertz CT molecular complexity index is 760. The highest BCUT2D eigenvalue weighted by Gasteiger charge is 2.22. The Kier molecular flexibility index (Phi) is 4.11. The van der Waals surface area contributed by atoms with E-state index >= 15 is 0 Å². The van der Waals surface area contributed by atoms with Gasteiger partial charge in [0.05, 0.1) is 22.5 Å². The highest BCUT2D eigenvalue weighted by molar-refractivity contribution is 5.98. The number of anilines is 2. The molecule has 6 nitrogen and oxygen atoms in total. The van der Waals surface area contributed by atoms with Gasteiger partial charge in [0.25, 0.3) is 5.91 Å². The van der Waals surface area contributed by atoms with Crippen LogP contribution in [0.5, 0.6) is 0 Å². The van der Waals surface area contributed by atoms with Crippen LogP contribution < -0.4 is 15.5 Å². The van der Waals surface area contributed by atoms with Gasteiger partial charge in [-0.1, -0.05) is 12.1 Å². The highest BCUT2D eigenvalue weighted by atomic mass is 16.1. The summed E-state index contributed by atoms with van der Waals surface area (Å²) in [6.07, 6.45) is 3.17. The van der Waals surface area contributed by atoms with Crippen molar-refractivity contribution in [3.05, 3.63) is 53.9 Å². The van der Waals surface area contributed by atoms with E-state index in [1.165, 1.54) is 6.20 Å². The number of piperazine rings is 1. The Morgan fingerprint density at radius 1 is 1.09 bits per heavy atom. The summed E-state index contributed by atoms with van der Waals surface area (Å²) in [7, 11) is 0. The second-order valence-corrected chi connectivity index (χ2v) is 5.36. The van der Waals surface area contributed by atoms with Crippen molar-refractivity contribution in [3.8, 4) is 6.07 Å². The third-order valence-corrected chi connectivity index (χ3v) is 4.05. The molecule has 2 aromatic rings. The van der Waals surface area contributed by atoms with Crippen molar-refractivity contribution in [2.24, 2.45) is 5.73 Å². The number of nitriles is 1. The summed E-state index contributed by atoms with van der Waals surface area (Å²) in [4.78, 5) is 19.8. The summed E-state index contributed by atoms with van der Waals surface area (Å²) in [6, 6.07) is 11.7. The van der Waals surface area contributed by atoms with Crippen molar-refractivity contribution in [3.63, 3.8) is 0 Å². The molecule has 2 heterocycles. The molecular weight excluding hydrogens is 290 g/mol. The molecule has 2 N–H and O–H groups in total. The lowest BCUT2D eigenvalue weighted by atomic mass is 10.1. The summed E-state index contributed by atoms with van der Waals surface area (Å²) in [6.45, 7) is 3.06. The van der Waals surface area contributed by atoms with Gasteiger partial charge in [0.1, 0.15) is 6.07 Å². The lowest BCUT2D eigenvalue weighted by Crippen LogP contribution is -2.47. The third-order valence-electron chi connectivity index (χ3n) is 4.05. The number of para-hydroxylation sites is 1. The Balaban J connectivity index is 1.77. The lowest BCUT2D eigenvalue weighted by molar-refractivity contribution is 0.100. The molecule has 0 atom stereocenters. The van der Waals surface area contributed by atoms with Crippen molar-refractivity contribution in [1.82, 2.24) is 4.98 Å². The first-order valence-corrected chi connectivity index (χ1v) is 7.43. The smallest absolute Gasteiger partial charge is 0.252 e. The second-order valence-electron chi connectivity index (χ2n) is 5.36. The zero-order chi connectivity index (χ0) is 16.2. The quantitative estimate of drug-likeness (QED) is 0.925. The number of amides is 1. The molecule has 3 rings (SSSR count). The minimum absolute atomic E-state index is 0.443. The fraction of sp³-hybridized carbons (Fsp3) is 0.235. The number of rotatable bonds is 3. The van der Waals surface area contributed by atoms with Crippen LogP contribution >= 0.6 is 0 Å². The molecule has 1 aliphatic rings. The van der Waals surface area contributed by atoms with E-state index in [0.29, 0.717) is 11.1 Å². The van der Waals surface area contributed by atoms with E-state index < -0.39 is 5.91 Å². The number of primary amides is 1. The topological polar surface area (TPSA) is 86.2 Å². The Labute approximate surface area is 134 Å². The first kappa shape index (κ1) is 14.9. The minimum Gasteiger partial charge on any atom is -0.367 e. The third kappa shape index (κ3) is 2.94. The van der Waals surface area contributed by atoms with Crippen LogP contribution in [0.4, 0.5) is 11.4 Å². The maximum atomic E-state index is 11.5. The number of aromatic nitrogens is 1. The average molecular weight is 307 g/mol. The van der Waals surface area contributed by atoms with Crippen molar-refractivity contribution < 1.29 is 4.79 Å². The number of carbonyl (C=O) groups is 1. The van der Waals surface area contributed by atoms with Gasteiger partial charge in [-0.2, -0.15) is 5.26 Å². The van der Waals surface area contributed by atoms with Gasteiger partial charge in [-0.15, -0.1) is 0 Å². The van der Waals surface area contributed by atoms with Crippen LogP contribution in [0, 0.1) is 11.3 Å². The van der Waals surface area contributed by atoms with Crippen LogP contribution in [0.25, 0.3) is 0 Å². The zero-order valence-corrected chi connectivity index (χ0v) is 12.6. The van der Waals surface area contributed by atoms with Gasteiger partial charge >= 0.3 is 0 Å². The molecule has 116 valence electrons. The van der Waals surface area contributed by atoms with Gasteiger partial charge in [0, 0.05) is 38.6 Å². The molecule has 1 saturated heterocycles. The van der Waals surface area contributed by atoms with Crippen molar-refractivity contribution in [1.29, 1.82) is 5.26 Å². The number of nitrogens with two attached hydrogens (primary N) is 1. The molecule has 0 spiro atoms. The monoisotopic (exact) mass is 307 g/mol.